The highest BCUT2D eigenvalue weighted by atomic mass is 19.1. The van der Waals surface area contributed by atoms with Crippen LogP contribution in [0.1, 0.15) is 10.5 Å². The summed E-state index contributed by atoms with van der Waals surface area (Å²) in [7, 11) is 1.66. The van der Waals surface area contributed by atoms with Crippen LogP contribution in [0.3, 0.4) is 0 Å². The summed E-state index contributed by atoms with van der Waals surface area (Å²) >= 11 is 0. The number of anilines is 1. The van der Waals surface area contributed by atoms with Gasteiger partial charge >= 0.3 is 0 Å². The second kappa shape index (κ2) is 4.83. The number of nitrogens with zero attached hydrogens (tertiary/aromatic N) is 1. The summed E-state index contributed by atoms with van der Waals surface area (Å²) in [5.74, 6) is -2.14. The van der Waals surface area contributed by atoms with Crippen molar-refractivity contribution in [1.82, 2.24) is 4.57 Å². The lowest BCUT2D eigenvalue weighted by molar-refractivity contribution is -0.112. The number of Topliss-reactive ketones (excluding diaryl/α,β-unsaturated/α-hetero) is 1. The predicted octanol–water partition coefficient (Wildman–Crippen LogP) is 1.99. The van der Waals surface area contributed by atoms with E-state index in [0.717, 1.165) is 0 Å². The molecule has 0 spiro atoms. The number of amides is 1. The Bertz CT molecular complexity index is 605. The molecule has 5 heteroatoms. The van der Waals surface area contributed by atoms with Crippen molar-refractivity contribution in [1.29, 1.82) is 0 Å². The Balaban J connectivity index is 2.17. The van der Waals surface area contributed by atoms with E-state index in [4.69, 9.17) is 0 Å². The second-order valence-electron chi connectivity index (χ2n) is 3.77. The molecule has 0 aliphatic rings. The van der Waals surface area contributed by atoms with Gasteiger partial charge in [-0.15, -0.1) is 0 Å². The van der Waals surface area contributed by atoms with Crippen LogP contribution in [-0.2, 0) is 11.8 Å². The van der Waals surface area contributed by atoms with Gasteiger partial charge in [0.2, 0.25) is 0 Å². The molecule has 0 atom stereocenters. The molecule has 1 aromatic carbocycles. The van der Waals surface area contributed by atoms with Crippen LogP contribution in [0.15, 0.2) is 42.6 Å². The maximum atomic E-state index is 13.3. The molecule has 0 saturated carbocycles. The molecule has 2 aromatic rings. The zero-order chi connectivity index (χ0) is 13.1. The Hall–Kier alpha value is -2.43. The molecule has 0 unspecified atom stereocenters. The van der Waals surface area contributed by atoms with E-state index in [2.05, 4.69) is 5.32 Å². The summed E-state index contributed by atoms with van der Waals surface area (Å²) in [6, 6.07) is 8.87. The molecule has 0 aliphatic carbocycles. The van der Waals surface area contributed by atoms with E-state index in [-0.39, 0.29) is 11.4 Å². The number of aryl methyl sites for hydroxylation is 1. The number of benzene rings is 1. The topological polar surface area (TPSA) is 51.1 Å². The quantitative estimate of drug-likeness (QED) is 0.665. The van der Waals surface area contributed by atoms with Crippen molar-refractivity contribution in [2.45, 2.75) is 0 Å². The van der Waals surface area contributed by atoms with Gasteiger partial charge in [0, 0.05) is 13.2 Å². The van der Waals surface area contributed by atoms with Crippen molar-refractivity contribution in [3.05, 3.63) is 54.1 Å². The van der Waals surface area contributed by atoms with E-state index >= 15 is 0 Å². The lowest BCUT2D eigenvalue weighted by Gasteiger charge is -2.05. The number of nitrogens with one attached hydrogen (secondary N) is 1. The van der Waals surface area contributed by atoms with Crippen molar-refractivity contribution < 1.29 is 14.0 Å². The predicted molar refractivity (Wildman–Crippen MR) is 64.8 cm³/mol. The fraction of sp³-hybridized carbons (Fsp3) is 0.0769. The van der Waals surface area contributed by atoms with Crippen molar-refractivity contribution in [2.24, 2.45) is 7.05 Å². The van der Waals surface area contributed by atoms with Gasteiger partial charge in [-0.05, 0) is 24.3 Å². The first kappa shape index (κ1) is 12.0. The Morgan fingerprint density at radius 2 is 1.89 bits per heavy atom. The number of hydrogen-bond donors (Lipinski definition) is 1. The first-order valence-electron chi connectivity index (χ1n) is 5.31. The molecular weight excluding hydrogens is 235 g/mol. The molecular formula is C13H11FN2O2. The van der Waals surface area contributed by atoms with Crippen LogP contribution >= 0.6 is 0 Å². The number of halogens is 1. The Kier molecular flexibility index (Phi) is 3.23. The lowest BCUT2D eigenvalue weighted by Crippen LogP contribution is -2.25. The van der Waals surface area contributed by atoms with Crippen LogP contribution in [0, 0.1) is 5.82 Å². The highest BCUT2D eigenvalue weighted by Crippen LogP contribution is 2.13. The largest absolute Gasteiger partial charge is 0.348 e. The van der Waals surface area contributed by atoms with Gasteiger partial charge in [-0.25, -0.2) is 4.39 Å². The third kappa shape index (κ3) is 2.29. The summed E-state index contributed by atoms with van der Waals surface area (Å²) < 4.78 is 14.8. The van der Waals surface area contributed by atoms with E-state index in [1.54, 1.807) is 25.4 Å². The maximum Gasteiger partial charge on any atom is 0.298 e. The van der Waals surface area contributed by atoms with Gasteiger partial charge in [-0.2, -0.15) is 0 Å². The fourth-order valence-corrected chi connectivity index (χ4v) is 1.55. The van der Waals surface area contributed by atoms with Gasteiger partial charge in [0.05, 0.1) is 11.4 Å². The van der Waals surface area contributed by atoms with Crippen LogP contribution in [0.5, 0.6) is 0 Å². The summed E-state index contributed by atoms with van der Waals surface area (Å²) in [5, 5.41) is 2.25. The molecule has 1 amide bonds. The average molecular weight is 246 g/mol. The standard InChI is InChI=1S/C13H11FN2O2/c1-16-8-4-7-11(16)12(17)13(18)15-10-6-3-2-5-9(10)14/h2-8H,1H3,(H,15,18). The SMILES string of the molecule is Cn1cccc1C(=O)C(=O)Nc1ccccc1F. The minimum absolute atomic E-state index is 0.00920. The van der Waals surface area contributed by atoms with E-state index in [9.17, 15) is 14.0 Å². The smallest absolute Gasteiger partial charge is 0.298 e. The maximum absolute atomic E-state index is 13.3. The summed E-state index contributed by atoms with van der Waals surface area (Å²) in [6.45, 7) is 0. The number of para-hydroxylation sites is 1. The summed E-state index contributed by atoms with van der Waals surface area (Å²) in [5.41, 5.74) is 0.244. The van der Waals surface area contributed by atoms with E-state index in [1.165, 1.54) is 28.8 Å². The monoisotopic (exact) mass is 246 g/mol. The van der Waals surface area contributed by atoms with Crippen LogP contribution in [0.2, 0.25) is 0 Å². The highest BCUT2D eigenvalue weighted by Gasteiger charge is 2.19. The van der Waals surface area contributed by atoms with Gasteiger partial charge in [0.25, 0.3) is 11.7 Å². The third-order valence-corrected chi connectivity index (χ3v) is 2.50. The number of aromatic nitrogens is 1. The molecule has 18 heavy (non-hydrogen) atoms. The van der Waals surface area contributed by atoms with E-state index in [0.29, 0.717) is 0 Å². The van der Waals surface area contributed by atoms with Crippen molar-refractivity contribution in [3.63, 3.8) is 0 Å². The van der Waals surface area contributed by atoms with Gasteiger partial charge in [-0.1, -0.05) is 12.1 Å². The lowest BCUT2D eigenvalue weighted by atomic mass is 10.2. The molecule has 2 rings (SSSR count). The van der Waals surface area contributed by atoms with Crippen LogP contribution in [0.4, 0.5) is 10.1 Å². The summed E-state index contributed by atoms with van der Waals surface area (Å²) in [4.78, 5) is 23.5. The Morgan fingerprint density at radius 1 is 1.17 bits per heavy atom. The zero-order valence-electron chi connectivity index (χ0n) is 9.68. The molecule has 0 radical (unpaired) electrons. The van der Waals surface area contributed by atoms with Gasteiger partial charge in [0.1, 0.15) is 5.82 Å². The second-order valence-corrected chi connectivity index (χ2v) is 3.77. The first-order valence-corrected chi connectivity index (χ1v) is 5.31. The number of hydrogen-bond acceptors (Lipinski definition) is 2. The molecule has 92 valence electrons. The minimum Gasteiger partial charge on any atom is -0.348 e. The summed E-state index contributed by atoms with van der Waals surface area (Å²) in [6.07, 6.45) is 1.66. The van der Waals surface area contributed by atoms with Crippen LogP contribution in [0.25, 0.3) is 0 Å². The van der Waals surface area contributed by atoms with Gasteiger partial charge < -0.3 is 9.88 Å². The molecule has 0 fully saturated rings. The molecule has 1 aromatic heterocycles. The number of rotatable bonds is 3. The number of carbonyl (C=O) groups is 2. The molecule has 1 heterocycles. The van der Waals surface area contributed by atoms with Crippen LogP contribution < -0.4 is 5.32 Å². The highest BCUT2D eigenvalue weighted by molar-refractivity contribution is 6.46. The third-order valence-electron chi connectivity index (χ3n) is 2.50. The van der Waals surface area contributed by atoms with E-state index in [1.807, 2.05) is 0 Å². The van der Waals surface area contributed by atoms with Gasteiger partial charge in [0.15, 0.2) is 0 Å². The minimum atomic E-state index is -0.859. The normalized spacial score (nSPS) is 10.1. The fourth-order valence-electron chi connectivity index (χ4n) is 1.55. The Morgan fingerprint density at radius 3 is 2.50 bits per heavy atom. The molecule has 0 saturated heterocycles. The first-order chi connectivity index (χ1) is 8.59. The average Bonchev–Trinajstić information content (AvgIpc) is 2.77. The van der Waals surface area contributed by atoms with Crippen molar-refractivity contribution in [2.75, 3.05) is 5.32 Å². The van der Waals surface area contributed by atoms with Crippen molar-refractivity contribution >= 4 is 17.4 Å². The number of ketones is 1. The number of carbonyl (C=O) groups excluding carboxylic acids is 2. The molecule has 4 nitrogen and oxygen atoms in total. The molecule has 0 aliphatic heterocycles. The van der Waals surface area contributed by atoms with Gasteiger partial charge in [-0.3, -0.25) is 9.59 Å². The van der Waals surface area contributed by atoms with Crippen LogP contribution in [-0.4, -0.2) is 16.3 Å². The molecule has 1 N–H and O–H groups in total. The zero-order valence-corrected chi connectivity index (χ0v) is 9.68. The molecule has 0 bridgehead atoms. The Labute approximate surface area is 103 Å². The van der Waals surface area contributed by atoms with Crippen molar-refractivity contribution in [3.8, 4) is 0 Å². The van der Waals surface area contributed by atoms with E-state index < -0.39 is 17.5 Å².